The molecule has 0 aliphatic rings. The Morgan fingerprint density at radius 3 is 2.44 bits per heavy atom. The minimum absolute atomic E-state index is 0.478. The van der Waals surface area contributed by atoms with Crippen molar-refractivity contribution < 1.29 is 4.74 Å². The Labute approximate surface area is 107 Å². The molecule has 1 heterocycles. The van der Waals surface area contributed by atoms with Gasteiger partial charge in [-0.05, 0) is 12.0 Å². The lowest BCUT2D eigenvalue weighted by atomic mass is 9.85. The predicted molar refractivity (Wildman–Crippen MR) is 70.3 cm³/mol. The molecule has 4 nitrogen and oxygen atoms in total. The molecule has 2 aromatic rings. The highest BCUT2D eigenvalue weighted by Crippen LogP contribution is 2.32. The molecule has 0 amide bonds. The van der Waals surface area contributed by atoms with Gasteiger partial charge in [-0.2, -0.15) is 0 Å². The molecule has 0 saturated heterocycles. The molecule has 0 aliphatic carbocycles. The van der Waals surface area contributed by atoms with Crippen LogP contribution in [0.2, 0.25) is 0 Å². The van der Waals surface area contributed by atoms with E-state index >= 15 is 0 Å². The maximum atomic E-state index is 6.53. The first-order chi connectivity index (χ1) is 8.72. The van der Waals surface area contributed by atoms with Crippen LogP contribution in [0.15, 0.2) is 42.7 Å². The highest BCUT2D eigenvalue weighted by molar-refractivity contribution is 5.38. The van der Waals surface area contributed by atoms with Crippen LogP contribution in [0.4, 0.5) is 0 Å². The number of methoxy groups -OCH3 is 1. The van der Waals surface area contributed by atoms with Crippen LogP contribution in [0.5, 0.6) is 5.88 Å². The van der Waals surface area contributed by atoms with Crippen molar-refractivity contribution in [3.05, 3.63) is 54.0 Å². The van der Waals surface area contributed by atoms with E-state index in [4.69, 9.17) is 10.5 Å². The summed E-state index contributed by atoms with van der Waals surface area (Å²) in [7, 11) is 1.58. The molecule has 0 fully saturated rings. The first-order valence-corrected chi connectivity index (χ1v) is 5.92. The maximum Gasteiger partial charge on any atom is 0.237 e. The van der Waals surface area contributed by atoms with Crippen molar-refractivity contribution >= 4 is 0 Å². The highest BCUT2D eigenvalue weighted by Gasteiger charge is 2.32. The summed E-state index contributed by atoms with van der Waals surface area (Å²) in [6.07, 6.45) is 3.95. The molecule has 1 aromatic heterocycles. The predicted octanol–water partition coefficient (Wildman–Crippen LogP) is 2.10. The first kappa shape index (κ1) is 12.5. The number of benzene rings is 1. The topological polar surface area (TPSA) is 61.0 Å². The van der Waals surface area contributed by atoms with E-state index in [1.165, 1.54) is 0 Å². The summed E-state index contributed by atoms with van der Waals surface area (Å²) in [5, 5.41) is 0. The fourth-order valence-corrected chi connectivity index (χ4v) is 2.02. The normalized spacial score (nSPS) is 13.9. The minimum atomic E-state index is -0.680. The minimum Gasteiger partial charge on any atom is -0.480 e. The van der Waals surface area contributed by atoms with Crippen LogP contribution in [0.3, 0.4) is 0 Å². The second-order valence-electron chi connectivity index (χ2n) is 4.11. The van der Waals surface area contributed by atoms with Gasteiger partial charge in [0.25, 0.3) is 0 Å². The fourth-order valence-electron chi connectivity index (χ4n) is 2.02. The zero-order valence-electron chi connectivity index (χ0n) is 10.6. The molecule has 0 bridgehead atoms. The molecular formula is C14H17N3O. The van der Waals surface area contributed by atoms with E-state index in [0.29, 0.717) is 18.0 Å². The molecule has 2 rings (SSSR count). The van der Waals surface area contributed by atoms with E-state index in [9.17, 15) is 0 Å². The van der Waals surface area contributed by atoms with E-state index in [1.807, 2.05) is 37.3 Å². The SMILES string of the molecule is CCC(N)(c1ccccc1)c1nccnc1OC. The van der Waals surface area contributed by atoms with Gasteiger partial charge in [0, 0.05) is 12.4 Å². The van der Waals surface area contributed by atoms with Crippen LogP contribution in [0, 0.1) is 0 Å². The fraction of sp³-hybridized carbons (Fsp3) is 0.286. The van der Waals surface area contributed by atoms with E-state index in [-0.39, 0.29) is 0 Å². The largest absolute Gasteiger partial charge is 0.480 e. The van der Waals surface area contributed by atoms with E-state index in [1.54, 1.807) is 19.5 Å². The van der Waals surface area contributed by atoms with Gasteiger partial charge in [0.2, 0.25) is 5.88 Å². The summed E-state index contributed by atoms with van der Waals surface area (Å²) in [5.74, 6) is 0.478. The van der Waals surface area contributed by atoms with Crippen LogP contribution < -0.4 is 10.5 Å². The average Bonchev–Trinajstić information content (AvgIpc) is 2.47. The van der Waals surface area contributed by atoms with Crippen molar-refractivity contribution in [2.45, 2.75) is 18.9 Å². The first-order valence-electron chi connectivity index (χ1n) is 5.92. The molecule has 0 spiro atoms. The summed E-state index contributed by atoms with van der Waals surface area (Å²) >= 11 is 0. The van der Waals surface area contributed by atoms with Gasteiger partial charge in [0.05, 0.1) is 12.6 Å². The zero-order valence-corrected chi connectivity index (χ0v) is 10.6. The van der Waals surface area contributed by atoms with Crippen molar-refractivity contribution in [3.8, 4) is 5.88 Å². The van der Waals surface area contributed by atoms with Gasteiger partial charge in [0.15, 0.2) is 0 Å². The molecule has 1 aromatic carbocycles. The third-order valence-corrected chi connectivity index (χ3v) is 3.13. The van der Waals surface area contributed by atoms with Crippen molar-refractivity contribution in [3.63, 3.8) is 0 Å². The standard InChI is InChI=1S/C14H17N3O/c1-3-14(15,11-7-5-4-6-8-11)12-13(18-2)17-10-9-16-12/h4-10H,3,15H2,1-2H3. The van der Waals surface area contributed by atoms with Crippen LogP contribution >= 0.6 is 0 Å². The van der Waals surface area contributed by atoms with E-state index in [2.05, 4.69) is 9.97 Å². The van der Waals surface area contributed by atoms with Gasteiger partial charge in [-0.1, -0.05) is 37.3 Å². The van der Waals surface area contributed by atoms with Crippen molar-refractivity contribution in [1.29, 1.82) is 0 Å². The molecule has 18 heavy (non-hydrogen) atoms. The third-order valence-electron chi connectivity index (χ3n) is 3.13. The molecule has 94 valence electrons. The van der Waals surface area contributed by atoms with E-state index < -0.39 is 5.54 Å². The molecule has 1 unspecified atom stereocenters. The summed E-state index contributed by atoms with van der Waals surface area (Å²) in [4.78, 5) is 8.53. The van der Waals surface area contributed by atoms with Gasteiger partial charge in [-0.25, -0.2) is 4.98 Å². The zero-order chi connectivity index (χ0) is 13.0. The quantitative estimate of drug-likeness (QED) is 0.893. The summed E-state index contributed by atoms with van der Waals surface area (Å²) in [6.45, 7) is 2.03. The van der Waals surface area contributed by atoms with Gasteiger partial charge in [-0.15, -0.1) is 0 Å². The Hall–Kier alpha value is -1.94. The lowest BCUT2D eigenvalue weighted by molar-refractivity contribution is 0.368. The molecule has 4 heteroatoms. The van der Waals surface area contributed by atoms with Crippen LogP contribution in [-0.4, -0.2) is 17.1 Å². The second kappa shape index (κ2) is 5.14. The number of nitrogens with two attached hydrogens (primary N) is 1. The maximum absolute atomic E-state index is 6.53. The number of hydrogen-bond acceptors (Lipinski definition) is 4. The van der Waals surface area contributed by atoms with Gasteiger partial charge >= 0.3 is 0 Å². The van der Waals surface area contributed by atoms with Crippen molar-refractivity contribution in [1.82, 2.24) is 9.97 Å². The molecule has 2 N–H and O–H groups in total. The second-order valence-corrected chi connectivity index (χ2v) is 4.11. The van der Waals surface area contributed by atoms with Crippen LogP contribution in [0.1, 0.15) is 24.6 Å². The Morgan fingerprint density at radius 1 is 1.17 bits per heavy atom. The van der Waals surface area contributed by atoms with Crippen LogP contribution in [0.25, 0.3) is 0 Å². The Balaban J connectivity index is 2.57. The van der Waals surface area contributed by atoms with Gasteiger partial charge in [-0.3, -0.25) is 4.98 Å². The molecular weight excluding hydrogens is 226 g/mol. The van der Waals surface area contributed by atoms with E-state index in [0.717, 1.165) is 5.56 Å². The number of ether oxygens (including phenoxy) is 1. The van der Waals surface area contributed by atoms with Gasteiger partial charge in [0.1, 0.15) is 5.69 Å². The molecule has 1 atom stereocenters. The van der Waals surface area contributed by atoms with Crippen molar-refractivity contribution in [2.75, 3.05) is 7.11 Å². The van der Waals surface area contributed by atoms with Crippen molar-refractivity contribution in [2.24, 2.45) is 5.73 Å². The summed E-state index contributed by atoms with van der Waals surface area (Å²) in [5.41, 5.74) is 7.53. The number of hydrogen-bond donors (Lipinski definition) is 1. The average molecular weight is 243 g/mol. The lowest BCUT2D eigenvalue weighted by Gasteiger charge is -2.28. The Kier molecular flexibility index (Phi) is 3.58. The molecule has 0 radical (unpaired) electrons. The Morgan fingerprint density at radius 2 is 1.83 bits per heavy atom. The molecule has 0 aliphatic heterocycles. The smallest absolute Gasteiger partial charge is 0.237 e. The molecule has 0 saturated carbocycles. The third kappa shape index (κ3) is 2.07. The number of nitrogens with zero attached hydrogens (tertiary/aromatic N) is 2. The number of aromatic nitrogens is 2. The van der Waals surface area contributed by atoms with Gasteiger partial charge < -0.3 is 10.5 Å². The highest BCUT2D eigenvalue weighted by atomic mass is 16.5. The summed E-state index contributed by atoms with van der Waals surface area (Å²) in [6, 6.07) is 9.90. The van der Waals surface area contributed by atoms with Crippen LogP contribution in [-0.2, 0) is 5.54 Å². The summed E-state index contributed by atoms with van der Waals surface area (Å²) < 4.78 is 5.26. The monoisotopic (exact) mass is 243 g/mol. The number of rotatable bonds is 4. The Bertz CT molecular complexity index is 515. The lowest BCUT2D eigenvalue weighted by Crippen LogP contribution is -2.38.